The van der Waals surface area contributed by atoms with Crippen LogP contribution in [0.1, 0.15) is 41.4 Å². The van der Waals surface area contributed by atoms with Gasteiger partial charge in [-0.2, -0.15) is 0 Å². The number of benzene rings is 1. The molecule has 1 unspecified atom stereocenters. The summed E-state index contributed by atoms with van der Waals surface area (Å²) in [5.41, 5.74) is 5.89. The summed E-state index contributed by atoms with van der Waals surface area (Å²) in [7, 11) is 0.230. The van der Waals surface area contributed by atoms with Crippen molar-refractivity contribution >= 4 is 27.3 Å². The van der Waals surface area contributed by atoms with Crippen molar-refractivity contribution in [3.05, 3.63) is 53.2 Å². The lowest BCUT2D eigenvalue weighted by atomic mass is 9.85. The maximum Gasteiger partial charge on any atom is 0.232 e. The summed E-state index contributed by atoms with van der Waals surface area (Å²) >= 11 is 0. The molecule has 2 aliphatic rings. The van der Waals surface area contributed by atoms with Gasteiger partial charge in [-0.15, -0.1) is 0 Å². The van der Waals surface area contributed by atoms with Gasteiger partial charge in [0.05, 0.1) is 34.0 Å². The van der Waals surface area contributed by atoms with Gasteiger partial charge >= 0.3 is 0 Å². The topological polar surface area (TPSA) is 111 Å². The van der Waals surface area contributed by atoms with E-state index in [1.807, 2.05) is 0 Å². The second-order valence-electron chi connectivity index (χ2n) is 8.03. The van der Waals surface area contributed by atoms with Gasteiger partial charge in [-0.05, 0) is 43.3 Å². The number of hydrogen-bond acceptors (Lipinski definition) is 7. The number of aromatic nitrogens is 2. The number of nitrogens with two attached hydrogens (primary N) is 1. The smallest absolute Gasteiger partial charge is 0.232 e. The van der Waals surface area contributed by atoms with E-state index in [9.17, 15) is 9.00 Å². The van der Waals surface area contributed by atoms with Crippen molar-refractivity contribution < 1.29 is 18.1 Å². The van der Waals surface area contributed by atoms with Crippen LogP contribution in [0, 0.1) is 5.82 Å². The number of ketones is 1. The van der Waals surface area contributed by atoms with E-state index in [1.54, 1.807) is 26.1 Å². The highest BCUT2D eigenvalue weighted by atomic mass is 32.2. The molecule has 1 aliphatic heterocycles. The minimum atomic E-state index is -2.82. The average molecular weight is 446 g/mol. The van der Waals surface area contributed by atoms with E-state index < -0.39 is 25.8 Å². The Morgan fingerprint density at radius 1 is 1.35 bits per heavy atom. The number of ether oxygens (including phenoxy) is 1. The van der Waals surface area contributed by atoms with Crippen molar-refractivity contribution in [2.75, 3.05) is 14.2 Å². The van der Waals surface area contributed by atoms with Crippen LogP contribution in [0.2, 0.25) is 0 Å². The van der Waals surface area contributed by atoms with Crippen molar-refractivity contribution in [1.82, 2.24) is 14.3 Å². The van der Waals surface area contributed by atoms with Gasteiger partial charge in [0.1, 0.15) is 17.1 Å². The number of hydrogen-bond donors (Lipinski definition) is 1. The molecule has 8 nitrogen and oxygen atoms in total. The second-order valence-corrected chi connectivity index (χ2v) is 10.6. The number of halogens is 1. The van der Waals surface area contributed by atoms with Gasteiger partial charge in [0.25, 0.3) is 0 Å². The van der Waals surface area contributed by atoms with E-state index in [0.29, 0.717) is 24.3 Å². The molecule has 0 amide bonds. The molecule has 164 valence electrons. The van der Waals surface area contributed by atoms with E-state index in [4.69, 9.17) is 10.5 Å². The summed E-state index contributed by atoms with van der Waals surface area (Å²) in [6, 6.07) is 4.44. The summed E-state index contributed by atoms with van der Waals surface area (Å²) in [5, 5.41) is 0. The maximum absolute atomic E-state index is 15.0. The van der Waals surface area contributed by atoms with Crippen LogP contribution in [0.15, 0.2) is 35.6 Å². The largest absolute Gasteiger partial charge is 0.480 e. The average Bonchev–Trinajstić information content (AvgIpc) is 3.56. The summed E-state index contributed by atoms with van der Waals surface area (Å²) < 4.78 is 34.1. The zero-order chi connectivity index (χ0) is 22.6. The van der Waals surface area contributed by atoms with Gasteiger partial charge in [-0.3, -0.25) is 9.10 Å². The fourth-order valence-electron chi connectivity index (χ4n) is 4.25. The van der Waals surface area contributed by atoms with E-state index in [2.05, 4.69) is 20.8 Å². The number of guanidine groups is 1. The first-order valence-electron chi connectivity index (χ1n) is 9.70. The van der Waals surface area contributed by atoms with Crippen molar-refractivity contribution in [3.63, 3.8) is 0 Å². The second kappa shape index (κ2) is 7.01. The summed E-state index contributed by atoms with van der Waals surface area (Å²) in [6.07, 6.45) is 3.89. The Morgan fingerprint density at radius 3 is 2.65 bits per heavy atom. The van der Waals surface area contributed by atoms with E-state index >= 15 is 4.39 Å². The molecule has 2 aromatic rings. The molecule has 1 aromatic heterocycles. The monoisotopic (exact) mass is 445 g/mol. The quantitative estimate of drug-likeness (QED) is 0.554. The Morgan fingerprint density at radius 2 is 2.06 bits per heavy atom. The van der Waals surface area contributed by atoms with Crippen LogP contribution in [0.25, 0.3) is 0 Å². The van der Waals surface area contributed by atoms with E-state index in [0.717, 1.165) is 0 Å². The zero-order valence-electron chi connectivity index (χ0n) is 17.6. The molecule has 1 saturated carbocycles. The molecular weight excluding hydrogens is 421 g/mol. The standard InChI is InChI=1S/C21H24FN5O3S/c1-20(21(7-8-21)31(4,29)27(2)19(23)26-20)14-9-13(5-6-15(14)22)10-17(28)16-11-25-18(30-3)12-24-16/h5-6,9,11-12H,4,7-8,10H2,1-3H3,(H2,23,26)/t20-,31?/m1/s1. The first-order chi connectivity index (χ1) is 14.6. The van der Waals surface area contributed by atoms with Gasteiger partial charge in [0, 0.05) is 19.0 Å². The van der Waals surface area contributed by atoms with Gasteiger partial charge in [0.2, 0.25) is 11.8 Å². The minimum absolute atomic E-state index is 0.00375. The lowest BCUT2D eigenvalue weighted by molar-refractivity contribution is 0.0987. The fourth-order valence-corrected chi connectivity index (χ4v) is 6.63. The lowest BCUT2D eigenvalue weighted by Gasteiger charge is -2.45. The number of rotatable bonds is 5. The number of methoxy groups -OCH3 is 1. The van der Waals surface area contributed by atoms with Gasteiger partial charge in [-0.25, -0.2) is 23.6 Å². The third kappa shape index (κ3) is 3.08. The predicted octanol–water partition coefficient (Wildman–Crippen LogP) is 1.69. The van der Waals surface area contributed by atoms with Gasteiger partial charge < -0.3 is 10.5 Å². The first kappa shape index (κ1) is 21.2. The molecule has 0 radical (unpaired) electrons. The molecule has 1 aromatic carbocycles. The molecule has 1 spiro atoms. The van der Waals surface area contributed by atoms with Crippen LogP contribution in [0.3, 0.4) is 0 Å². The Balaban J connectivity index is 1.72. The highest BCUT2D eigenvalue weighted by Crippen LogP contribution is 2.60. The molecule has 1 fully saturated rings. The van der Waals surface area contributed by atoms with Crippen molar-refractivity contribution in [2.45, 2.75) is 36.5 Å². The van der Waals surface area contributed by atoms with Crippen LogP contribution in [0.4, 0.5) is 4.39 Å². The third-order valence-corrected chi connectivity index (χ3v) is 9.45. The van der Waals surface area contributed by atoms with Gasteiger partial charge in [0.15, 0.2) is 5.78 Å². The molecule has 2 heterocycles. The van der Waals surface area contributed by atoms with Crippen LogP contribution in [-0.4, -0.2) is 55.0 Å². The maximum atomic E-state index is 15.0. The highest BCUT2D eigenvalue weighted by Gasteiger charge is 2.67. The summed E-state index contributed by atoms with van der Waals surface area (Å²) in [6.45, 7) is 1.74. The number of nitrogens with zero attached hydrogens (tertiary/aromatic N) is 4. The van der Waals surface area contributed by atoms with Crippen LogP contribution >= 0.6 is 0 Å². The molecule has 10 heteroatoms. The van der Waals surface area contributed by atoms with E-state index in [-0.39, 0.29) is 29.4 Å². The highest BCUT2D eigenvalue weighted by molar-refractivity contribution is 8.00. The Hall–Kier alpha value is -3.01. The van der Waals surface area contributed by atoms with Crippen molar-refractivity contribution in [2.24, 2.45) is 10.7 Å². The first-order valence-corrected chi connectivity index (χ1v) is 11.4. The van der Waals surface area contributed by atoms with Crippen LogP contribution in [0.5, 0.6) is 5.88 Å². The molecular formula is C21H24FN5O3S. The Kier molecular flexibility index (Phi) is 4.80. The van der Waals surface area contributed by atoms with E-state index in [1.165, 1.54) is 29.9 Å². The number of aliphatic imine (C=N–C) groups is 1. The lowest BCUT2D eigenvalue weighted by Crippen LogP contribution is -2.58. The molecule has 0 bridgehead atoms. The van der Waals surface area contributed by atoms with Crippen molar-refractivity contribution in [1.29, 1.82) is 0 Å². The molecule has 1 aliphatic carbocycles. The molecule has 4 rings (SSSR count). The minimum Gasteiger partial charge on any atom is -0.480 e. The summed E-state index contributed by atoms with van der Waals surface area (Å²) in [5.74, 6) is 3.53. The van der Waals surface area contributed by atoms with Gasteiger partial charge in [-0.1, -0.05) is 6.07 Å². The Labute approximate surface area is 180 Å². The molecule has 0 saturated heterocycles. The number of carbonyl (C=O) groups excluding carboxylic acids is 1. The SMILES string of the molecule is C=S1(=O)N(C)C(N)=N[C@](C)(c2cc(CC(=O)c3cnc(OC)cn3)ccc2F)C12CC2. The molecule has 31 heavy (non-hydrogen) atoms. The fraction of sp³-hybridized carbons (Fsp3) is 0.381. The molecule has 2 N–H and O–H groups in total. The van der Waals surface area contributed by atoms with Crippen molar-refractivity contribution in [3.8, 4) is 5.88 Å². The van der Waals surface area contributed by atoms with Crippen LogP contribution < -0.4 is 10.5 Å². The summed E-state index contributed by atoms with van der Waals surface area (Å²) in [4.78, 5) is 25.3. The molecule has 2 atom stereocenters. The predicted molar refractivity (Wildman–Crippen MR) is 117 cm³/mol. The zero-order valence-corrected chi connectivity index (χ0v) is 18.4. The number of carbonyl (C=O) groups is 1. The number of Topliss-reactive ketones (excluding diaryl/α,β-unsaturated/α-hetero) is 1. The van der Waals surface area contributed by atoms with Crippen LogP contribution in [-0.2, 0) is 21.7 Å². The Bertz CT molecular complexity index is 1190. The third-order valence-electron chi connectivity index (χ3n) is 6.35. The normalized spacial score (nSPS) is 26.5.